The van der Waals surface area contributed by atoms with Crippen molar-refractivity contribution in [1.29, 1.82) is 0 Å². The van der Waals surface area contributed by atoms with E-state index in [2.05, 4.69) is 31.9 Å². The maximum absolute atomic E-state index is 12.3. The Morgan fingerprint density at radius 3 is 2.70 bits per heavy atom. The first-order valence-corrected chi connectivity index (χ1v) is 9.28. The lowest BCUT2D eigenvalue weighted by Crippen LogP contribution is -2.46. The van der Waals surface area contributed by atoms with Gasteiger partial charge in [-0.3, -0.25) is 29.9 Å². The molecule has 3 rings (SSSR count). The van der Waals surface area contributed by atoms with Gasteiger partial charge in [-0.15, -0.1) is 0 Å². The first kappa shape index (κ1) is 19.1. The number of anilines is 1. The number of carbonyl (C=O) groups excluding carboxylic acids is 3. The molecule has 0 saturated carbocycles. The van der Waals surface area contributed by atoms with Crippen molar-refractivity contribution in [3.63, 3.8) is 0 Å². The summed E-state index contributed by atoms with van der Waals surface area (Å²) >= 11 is 3.38. The second-order valence-electron chi connectivity index (χ2n) is 6.51. The van der Waals surface area contributed by atoms with Crippen molar-refractivity contribution in [3.8, 4) is 0 Å². The Bertz CT molecular complexity index is 895. The number of hydrogen-bond acceptors (Lipinski definition) is 4. The van der Waals surface area contributed by atoms with E-state index >= 15 is 0 Å². The average Bonchev–Trinajstić information content (AvgIpc) is 3.15. The zero-order valence-electron chi connectivity index (χ0n) is 15.0. The van der Waals surface area contributed by atoms with Gasteiger partial charge >= 0.3 is 0 Å². The van der Waals surface area contributed by atoms with Crippen molar-refractivity contribution in [2.45, 2.75) is 26.8 Å². The molecule has 27 heavy (non-hydrogen) atoms. The fraction of sp³-hybridized carbons (Fsp3) is 0.333. The summed E-state index contributed by atoms with van der Waals surface area (Å²) in [6, 6.07) is 9.21. The quantitative estimate of drug-likeness (QED) is 0.713. The van der Waals surface area contributed by atoms with Crippen LogP contribution < -0.4 is 15.8 Å². The molecule has 142 valence electrons. The van der Waals surface area contributed by atoms with E-state index in [4.69, 9.17) is 0 Å². The highest BCUT2D eigenvalue weighted by Gasteiger charge is 2.35. The minimum absolute atomic E-state index is 0.00766. The van der Waals surface area contributed by atoms with Crippen LogP contribution in [0.5, 0.6) is 0 Å². The van der Waals surface area contributed by atoms with Gasteiger partial charge in [-0.2, -0.15) is 5.10 Å². The summed E-state index contributed by atoms with van der Waals surface area (Å²) in [6.07, 6.45) is 0.103. The molecule has 1 unspecified atom stereocenters. The van der Waals surface area contributed by atoms with E-state index < -0.39 is 5.92 Å². The number of halogens is 1. The normalized spacial score (nSPS) is 16.5. The summed E-state index contributed by atoms with van der Waals surface area (Å²) in [5, 5.41) is 4.20. The lowest BCUT2D eigenvalue weighted by molar-refractivity contribution is -0.131. The Labute approximate surface area is 165 Å². The predicted molar refractivity (Wildman–Crippen MR) is 103 cm³/mol. The Morgan fingerprint density at radius 2 is 2.04 bits per heavy atom. The number of benzene rings is 1. The first-order valence-electron chi connectivity index (χ1n) is 8.49. The molecule has 1 aliphatic heterocycles. The van der Waals surface area contributed by atoms with E-state index in [1.807, 2.05) is 44.2 Å². The molecular formula is C18H20BrN5O3. The van der Waals surface area contributed by atoms with Crippen LogP contribution in [0.15, 0.2) is 34.8 Å². The Kier molecular flexibility index (Phi) is 5.59. The SMILES string of the molecule is Cc1cc(C)n(CC(=O)NNC(=O)C2CC(=O)N(c3cccc(Br)c3)C2)n1. The number of hydrogen-bond donors (Lipinski definition) is 2. The van der Waals surface area contributed by atoms with E-state index in [0.29, 0.717) is 0 Å². The molecule has 1 atom stereocenters. The molecule has 1 fully saturated rings. The summed E-state index contributed by atoms with van der Waals surface area (Å²) < 4.78 is 2.42. The number of nitrogens with one attached hydrogen (secondary N) is 2. The number of amides is 3. The molecule has 0 spiro atoms. The maximum Gasteiger partial charge on any atom is 0.260 e. The Hall–Kier alpha value is -2.68. The second kappa shape index (κ2) is 7.91. The Morgan fingerprint density at radius 1 is 1.26 bits per heavy atom. The van der Waals surface area contributed by atoms with Gasteiger partial charge in [0.15, 0.2) is 0 Å². The van der Waals surface area contributed by atoms with E-state index in [-0.39, 0.29) is 37.2 Å². The number of carbonyl (C=O) groups is 3. The number of aromatic nitrogens is 2. The molecule has 1 saturated heterocycles. The monoisotopic (exact) mass is 433 g/mol. The topological polar surface area (TPSA) is 96.3 Å². The van der Waals surface area contributed by atoms with Crippen molar-refractivity contribution >= 4 is 39.3 Å². The number of rotatable bonds is 4. The van der Waals surface area contributed by atoms with Crippen LogP contribution in [0.25, 0.3) is 0 Å². The highest BCUT2D eigenvalue weighted by molar-refractivity contribution is 9.10. The molecule has 9 heteroatoms. The summed E-state index contributed by atoms with van der Waals surface area (Å²) in [7, 11) is 0. The van der Waals surface area contributed by atoms with Gasteiger partial charge in [0.05, 0.1) is 11.6 Å². The van der Waals surface area contributed by atoms with Crippen molar-refractivity contribution in [2.75, 3.05) is 11.4 Å². The third-order valence-corrected chi connectivity index (χ3v) is 4.83. The Balaban J connectivity index is 1.53. The third kappa shape index (κ3) is 4.54. The summed E-state index contributed by atoms with van der Waals surface area (Å²) in [6.45, 7) is 3.98. The number of hydrazine groups is 1. The van der Waals surface area contributed by atoms with Gasteiger partial charge in [0.2, 0.25) is 11.8 Å². The van der Waals surface area contributed by atoms with Gasteiger partial charge in [0.1, 0.15) is 6.54 Å². The van der Waals surface area contributed by atoms with Crippen molar-refractivity contribution in [1.82, 2.24) is 20.6 Å². The fourth-order valence-corrected chi connectivity index (χ4v) is 3.41. The van der Waals surface area contributed by atoms with E-state index in [9.17, 15) is 14.4 Å². The van der Waals surface area contributed by atoms with Gasteiger partial charge in [-0.1, -0.05) is 22.0 Å². The van der Waals surface area contributed by atoms with Crippen LogP contribution in [0.3, 0.4) is 0 Å². The molecule has 1 aromatic heterocycles. The van der Waals surface area contributed by atoms with Gasteiger partial charge in [0.25, 0.3) is 5.91 Å². The van der Waals surface area contributed by atoms with Crippen LogP contribution in [-0.2, 0) is 20.9 Å². The van der Waals surface area contributed by atoms with Crippen molar-refractivity contribution in [3.05, 3.63) is 46.2 Å². The van der Waals surface area contributed by atoms with Gasteiger partial charge in [-0.05, 0) is 38.1 Å². The average molecular weight is 434 g/mol. The van der Waals surface area contributed by atoms with Gasteiger partial charge < -0.3 is 4.90 Å². The molecular weight excluding hydrogens is 414 g/mol. The molecule has 0 aliphatic carbocycles. The van der Waals surface area contributed by atoms with Crippen LogP contribution in [0, 0.1) is 19.8 Å². The zero-order chi connectivity index (χ0) is 19.6. The van der Waals surface area contributed by atoms with Crippen LogP contribution in [-0.4, -0.2) is 34.0 Å². The lowest BCUT2D eigenvalue weighted by Gasteiger charge is -2.17. The molecule has 8 nitrogen and oxygen atoms in total. The predicted octanol–water partition coefficient (Wildman–Crippen LogP) is 1.46. The highest BCUT2D eigenvalue weighted by Crippen LogP contribution is 2.27. The largest absolute Gasteiger partial charge is 0.312 e. The summed E-state index contributed by atoms with van der Waals surface area (Å²) in [5.74, 6) is -1.42. The van der Waals surface area contributed by atoms with E-state index in [1.54, 1.807) is 9.58 Å². The minimum Gasteiger partial charge on any atom is -0.312 e. The van der Waals surface area contributed by atoms with Crippen LogP contribution in [0.2, 0.25) is 0 Å². The van der Waals surface area contributed by atoms with Crippen LogP contribution in [0.4, 0.5) is 5.69 Å². The molecule has 1 aliphatic rings. The minimum atomic E-state index is -0.523. The zero-order valence-corrected chi connectivity index (χ0v) is 16.6. The van der Waals surface area contributed by atoms with E-state index in [1.165, 1.54) is 0 Å². The van der Waals surface area contributed by atoms with Crippen molar-refractivity contribution < 1.29 is 14.4 Å². The fourth-order valence-electron chi connectivity index (χ4n) is 3.02. The van der Waals surface area contributed by atoms with Gasteiger partial charge in [-0.25, -0.2) is 0 Å². The maximum atomic E-state index is 12.3. The first-order chi connectivity index (χ1) is 12.8. The van der Waals surface area contributed by atoms with Crippen molar-refractivity contribution in [2.24, 2.45) is 5.92 Å². The molecule has 2 heterocycles. The standard InChI is InChI=1S/C18H20BrN5O3/c1-11-6-12(2)24(22-11)10-16(25)20-21-18(27)13-7-17(26)23(9-13)15-5-3-4-14(19)8-15/h3-6,8,13H,7,9-10H2,1-2H3,(H,20,25)(H,21,27). The second-order valence-corrected chi connectivity index (χ2v) is 7.42. The molecule has 2 aromatic rings. The number of nitrogens with zero attached hydrogens (tertiary/aromatic N) is 3. The molecule has 3 amide bonds. The van der Waals surface area contributed by atoms with Crippen LogP contribution >= 0.6 is 15.9 Å². The summed E-state index contributed by atoms with van der Waals surface area (Å²) in [4.78, 5) is 38.2. The molecule has 0 radical (unpaired) electrons. The highest BCUT2D eigenvalue weighted by atomic mass is 79.9. The third-order valence-electron chi connectivity index (χ3n) is 4.34. The molecule has 0 bridgehead atoms. The summed E-state index contributed by atoms with van der Waals surface area (Å²) in [5.41, 5.74) is 7.21. The number of aryl methyl sites for hydroxylation is 2. The smallest absolute Gasteiger partial charge is 0.260 e. The lowest BCUT2D eigenvalue weighted by atomic mass is 10.1. The molecule has 2 N–H and O–H groups in total. The van der Waals surface area contributed by atoms with E-state index in [0.717, 1.165) is 21.5 Å². The van der Waals surface area contributed by atoms with Gasteiger partial charge in [0, 0.05) is 28.8 Å². The van der Waals surface area contributed by atoms with Crippen LogP contribution in [0.1, 0.15) is 17.8 Å². The molecule has 1 aromatic carbocycles.